The Morgan fingerprint density at radius 2 is 2.50 bits per heavy atom. The van der Waals surface area contributed by atoms with Gasteiger partial charge < -0.3 is 5.73 Å². The molecule has 1 rings (SSSR count). The van der Waals surface area contributed by atoms with Crippen LogP contribution in [0.3, 0.4) is 0 Å². The lowest BCUT2D eigenvalue weighted by atomic mass is 10.4. The number of anilines is 1. The minimum atomic E-state index is -0.239. The first-order valence-corrected chi connectivity index (χ1v) is 3.32. The highest BCUT2D eigenvalue weighted by Gasteiger charge is 1.93. The number of H-pyrrole nitrogens is 1. The van der Waals surface area contributed by atoms with Crippen molar-refractivity contribution in [2.75, 3.05) is 5.73 Å². The standard InChI is InChI=1S/C5H7N3OS/c6-5-7-3(2-10)1-4(9)8-5/h1,10H,2H2,(H3,6,7,8,9). The second-order valence-corrected chi connectivity index (χ2v) is 2.10. The van der Waals surface area contributed by atoms with Crippen LogP contribution in [0.5, 0.6) is 0 Å². The summed E-state index contributed by atoms with van der Waals surface area (Å²) in [5.41, 5.74) is 5.58. The van der Waals surface area contributed by atoms with Gasteiger partial charge in [-0.25, -0.2) is 4.98 Å². The number of hydrogen-bond donors (Lipinski definition) is 3. The number of thiol groups is 1. The molecule has 1 heterocycles. The first-order chi connectivity index (χ1) is 4.72. The van der Waals surface area contributed by atoms with E-state index in [1.807, 2.05) is 0 Å². The fraction of sp³-hybridized carbons (Fsp3) is 0.200. The molecule has 0 spiro atoms. The maximum absolute atomic E-state index is 10.7. The summed E-state index contributed by atoms with van der Waals surface area (Å²) in [5.74, 6) is 0.560. The van der Waals surface area contributed by atoms with Crippen molar-refractivity contribution in [3.63, 3.8) is 0 Å². The monoisotopic (exact) mass is 157 g/mol. The highest BCUT2D eigenvalue weighted by molar-refractivity contribution is 7.79. The largest absolute Gasteiger partial charge is 0.369 e. The fourth-order valence-electron chi connectivity index (χ4n) is 0.610. The van der Waals surface area contributed by atoms with Gasteiger partial charge in [-0.05, 0) is 0 Å². The van der Waals surface area contributed by atoms with E-state index in [9.17, 15) is 4.79 Å². The third-order valence-electron chi connectivity index (χ3n) is 0.975. The first kappa shape index (κ1) is 7.14. The number of aromatic nitrogens is 2. The molecule has 0 unspecified atom stereocenters. The number of nitrogens with two attached hydrogens (primary N) is 1. The highest BCUT2D eigenvalue weighted by atomic mass is 32.1. The summed E-state index contributed by atoms with van der Waals surface area (Å²) in [6.45, 7) is 0. The molecule has 0 aliphatic rings. The predicted octanol–water partition coefficient (Wildman–Crippen LogP) is -0.218. The lowest BCUT2D eigenvalue weighted by molar-refractivity contribution is 1.07. The molecular weight excluding hydrogens is 150 g/mol. The van der Waals surface area contributed by atoms with Gasteiger partial charge in [0.25, 0.3) is 5.56 Å². The van der Waals surface area contributed by atoms with E-state index in [2.05, 4.69) is 22.6 Å². The van der Waals surface area contributed by atoms with Crippen LogP contribution >= 0.6 is 12.6 Å². The molecule has 4 nitrogen and oxygen atoms in total. The Morgan fingerprint density at radius 3 is 3.00 bits per heavy atom. The summed E-state index contributed by atoms with van der Waals surface area (Å²) in [6, 6.07) is 1.36. The Kier molecular flexibility index (Phi) is 1.96. The third-order valence-corrected chi connectivity index (χ3v) is 1.30. The van der Waals surface area contributed by atoms with Crippen LogP contribution in [0.4, 0.5) is 5.95 Å². The topological polar surface area (TPSA) is 71.8 Å². The Morgan fingerprint density at radius 1 is 1.80 bits per heavy atom. The molecule has 5 heteroatoms. The van der Waals surface area contributed by atoms with E-state index in [1.54, 1.807) is 0 Å². The summed E-state index contributed by atoms with van der Waals surface area (Å²) in [4.78, 5) is 16.8. The van der Waals surface area contributed by atoms with E-state index < -0.39 is 0 Å². The van der Waals surface area contributed by atoms with Crippen molar-refractivity contribution >= 4 is 18.6 Å². The minimum Gasteiger partial charge on any atom is -0.369 e. The lowest BCUT2D eigenvalue weighted by Gasteiger charge is -1.94. The number of nitrogens with one attached hydrogen (secondary N) is 1. The van der Waals surface area contributed by atoms with E-state index in [4.69, 9.17) is 5.73 Å². The van der Waals surface area contributed by atoms with Gasteiger partial charge in [0, 0.05) is 11.8 Å². The number of hydrogen-bond acceptors (Lipinski definition) is 4. The normalized spacial score (nSPS) is 9.70. The Balaban J connectivity index is 3.19. The molecule has 0 bridgehead atoms. The van der Waals surface area contributed by atoms with Gasteiger partial charge in [0.05, 0.1) is 5.69 Å². The smallest absolute Gasteiger partial charge is 0.252 e. The van der Waals surface area contributed by atoms with E-state index in [1.165, 1.54) is 6.07 Å². The molecule has 0 aromatic carbocycles. The Hall–Kier alpha value is -0.970. The molecule has 3 N–H and O–H groups in total. The number of rotatable bonds is 1. The van der Waals surface area contributed by atoms with Crippen molar-refractivity contribution in [2.45, 2.75) is 5.75 Å². The molecule has 0 amide bonds. The van der Waals surface area contributed by atoms with Crippen LogP contribution in [0.2, 0.25) is 0 Å². The second-order valence-electron chi connectivity index (χ2n) is 1.78. The summed E-state index contributed by atoms with van der Waals surface area (Å²) >= 11 is 3.93. The van der Waals surface area contributed by atoms with Crippen molar-refractivity contribution in [2.24, 2.45) is 0 Å². The molecule has 0 radical (unpaired) electrons. The zero-order valence-electron chi connectivity index (χ0n) is 5.16. The Labute approximate surface area is 62.9 Å². The van der Waals surface area contributed by atoms with Crippen LogP contribution in [0.15, 0.2) is 10.9 Å². The van der Waals surface area contributed by atoms with E-state index in [-0.39, 0.29) is 11.5 Å². The molecule has 0 fully saturated rings. The first-order valence-electron chi connectivity index (χ1n) is 2.69. The van der Waals surface area contributed by atoms with Crippen LogP contribution in [0.25, 0.3) is 0 Å². The van der Waals surface area contributed by atoms with E-state index in [0.717, 1.165) is 0 Å². The molecule has 1 aromatic rings. The summed E-state index contributed by atoms with van der Waals surface area (Å²) in [5, 5.41) is 0. The average molecular weight is 157 g/mol. The lowest BCUT2D eigenvalue weighted by Crippen LogP contribution is -2.11. The summed E-state index contributed by atoms with van der Waals surface area (Å²) in [6.07, 6.45) is 0. The van der Waals surface area contributed by atoms with Crippen LogP contribution in [0, 0.1) is 0 Å². The van der Waals surface area contributed by atoms with E-state index in [0.29, 0.717) is 11.4 Å². The van der Waals surface area contributed by atoms with Gasteiger partial charge in [-0.1, -0.05) is 0 Å². The molecule has 0 aliphatic heterocycles. The molecule has 1 aromatic heterocycles. The van der Waals surface area contributed by atoms with Crippen LogP contribution in [-0.2, 0) is 5.75 Å². The number of aromatic amines is 1. The van der Waals surface area contributed by atoms with Gasteiger partial charge in [0.1, 0.15) is 0 Å². The van der Waals surface area contributed by atoms with Crippen molar-refractivity contribution < 1.29 is 0 Å². The summed E-state index contributed by atoms with van der Waals surface area (Å²) in [7, 11) is 0. The maximum Gasteiger partial charge on any atom is 0.252 e. The van der Waals surface area contributed by atoms with Gasteiger partial charge in [0.15, 0.2) is 0 Å². The predicted molar refractivity (Wildman–Crippen MR) is 42.0 cm³/mol. The van der Waals surface area contributed by atoms with Gasteiger partial charge in [-0.2, -0.15) is 12.6 Å². The average Bonchev–Trinajstić information content (AvgIpc) is 1.85. The Bertz CT molecular complexity index is 282. The van der Waals surface area contributed by atoms with Crippen molar-refractivity contribution in [1.29, 1.82) is 0 Å². The molecule has 54 valence electrons. The fourth-order valence-corrected chi connectivity index (χ4v) is 0.772. The third kappa shape index (κ3) is 1.51. The zero-order valence-corrected chi connectivity index (χ0v) is 6.06. The quantitative estimate of drug-likeness (QED) is 0.493. The van der Waals surface area contributed by atoms with Gasteiger partial charge in [-0.15, -0.1) is 0 Å². The molecule has 0 aliphatic carbocycles. The van der Waals surface area contributed by atoms with Gasteiger partial charge in [-0.3, -0.25) is 9.78 Å². The zero-order chi connectivity index (χ0) is 7.56. The molecule has 0 saturated carbocycles. The maximum atomic E-state index is 10.7. The van der Waals surface area contributed by atoms with Gasteiger partial charge in [0.2, 0.25) is 5.95 Å². The van der Waals surface area contributed by atoms with Crippen molar-refractivity contribution in [3.8, 4) is 0 Å². The van der Waals surface area contributed by atoms with E-state index >= 15 is 0 Å². The van der Waals surface area contributed by atoms with Crippen LogP contribution < -0.4 is 11.3 Å². The van der Waals surface area contributed by atoms with Gasteiger partial charge >= 0.3 is 0 Å². The SMILES string of the molecule is Nc1nc(CS)cc(=O)[nH]1. The molecular formula is C5H7N3OS. The highest BCUT2D eigenvalue weighted by Crippen LogP contribution is 1.95. The minimum absolute atomic E-state index is 0.136. The van der Waals surface area contributed by atoms with Crippen LogP contribution in [0.1, 0.15) is 5.69 Å². The summed E-state index contributed by atoms with van der Waals surface area (Å²) < 4.78 is 0. The molecule has 0 saturated heterocycles. The number of nitrogens with zero attached hydrogens (tertiary/aromatic N) is 1. The number of nitrogen functional groups attached to an aromatic ring is 1. The van der Waals surface area contributed by atoms with Crippen molar-refractivity contribution in [3.05, 3.63) is 22.1 Å². The molecule has 10 heavy (non-hydrogen) atoms. The second kappa shape index (κ2) is 2.74. The molecule has 0 atom stereocenters. The van der Waals surface area contributed by atoms with Crippen LogP contribution in [-0.4, -0.2) is 9.97 Å². The van der Waals surface area contributed by atoms with Crippen molar-refractivity contribution in [1.82, 2.24) is 9.97 Å².